The first kappa shape index (κ1) is 19.8. The molecular formula is C23H22FN5O. The zero-order valence-corrected chi connectivity index (χ0v) is 16.7. The fraction of sp³-hybridized carbons (Fsp3) is 0.261. The number of fused-ring (bicyclic) bond motifs is 1. The predicted molar refractivity (Wildman–Crippen MR) is 115 cm³/mol. The third kappa shape index (κ3) is 4.09. The van der Waals surface area contributed by atoms with Crippen LogP contribution in [0.15, 0.2) is 48.7 Å². The van der Waals surface area contributed by atoms with Gasteiger partial charge in [-0.05, 0) is 36.8 Å². The second kappa shape index (κ2) is 8.47. The molecule has 0 atom stereocenters. The average Bonchev–Trinajstić information content (AvgIpc) is 2.74. The number of nitrogens with one attached hydrogen (secondary N) is 1. The number of aromatic nitrogens is 1. The quantitative estimate of drug-likeness (QED) is 0.724. The Kier molecular flexibility index (Phi) is 5.59. The molecule has 1 aliphatic rings. The minimum absolute atomic E-state index is 0.0561. The highest BCUT2D eigenvalue weighted by Gasteiger charge is 2.23. The van der Waals surface area contributed by atoms with E-state index in [4.69, 9.17) is 0 Å². The Balaban J connectivity index is 1.48. The molecule has 2 aromatic carbocycles. The molecule has 1 saturated heterocycles. The van der Waals surface area contributed by atoms with Crippen LogP contribution in [0, 0.1) is 24.1 Å². The molecular weight excluding hydrogens is 381 g/mol. The highest BCUT2D eigenvalue weighted by molar-refractivity contribution is 5.96. The first-order valence-corrected chi connectivity index (χ1v) is 9.86. The fourth-order valence-electron chi connectivity index (χ4n) is 3.90. The van der Waals surface area contributed by atoms with Crippen LogP contribution in [-0.2, 0) is 4.79 Å². The molecule has 1 N–H and O–H groups in total. The lowest BCUT2D eigenvalue weighted by atomic mass is 10.0. The summed E-state index contributed by atoms with van der Waals surface area (Å²) < 4.78 is 14.1. The lowest BCUT2D eigenvalue weighted by Gasteiger charge is -2.36. The smallest absolute Gasteiger partial charge is 0.238 e. The zero-order chi connectivity index (χ0) is 21.1. The van der Waals surface area contributed by atoms with E-state index in [0.29, 0.717) is 49.2 Å². The van der Waals surface area contributed by atoms with Crippen LogP contribution in [0.25, 0.3) is 10.9 Å². The number of nitriles is 1. The molecule has 0 unspecified atom stereocenters. The number of pyridine rings is 1. The number of amides is 1. The van der Waals surface area contributed by atoms with E-state index in [1.807, 2.05) is 37.3 Å². The molecule has 1 aliphatic heterocycles. The number of anilines is 2. The molecule has 1 fully saturated rings. The van der Waals surface area contributed by atoms with Gasteiger partial charge in [0, 0.05) is 43.4 Å². The molecule has 0 saturated carbocycles. The maximum absolute atomic E-state index is 14.1. The molecule has 2 heterocycles. The predicted octanol–water partition coefficient (Wildman–Crippen LogP) is 3.31. The Morgan fingerprint density at radius 1 is 1.20 bits per heavy atom. The second-order valence-electron chi connectivity index (χ2n) is 7.43. The first-order chi connectivity index (χ1) is 14.5. The standard InChI is InChI=1S/C23H22FN5O/c1-16-11-18(24)12-20-22(16)26-14-17(13-25)23(20)29-9-7-28(8-10-29)15-21(30)27-19-5-3-2-4-6-19/h2-6,11-12,14H,7-10,15H2,1H3,(H,27,30). The van der Waals surface area contributed by atoms with Crippen molar-refractivity contribution in [2.75, 3.05) is 42.9 Å². The summed E-state index contributed by atoms with van der Waals surface area (Å²) in [5, 5.41) is 13.1. The van der Waals surface area contributed by atoms with E-state index in [-0.39, 0.29) is 11.7 Å². The van der Waals surface area contributed by atoms with Crippen molar-refractivity contribution in [1.82, 2.24) is 9.88 Å². The molecule has 0 radical (unpaired) electrons. The largest absolute Gasteiger partial charge is 0.367 e. The number of hydrogen-bond donors (Lipinski definition) is 1. The summed E-state index contributed by atoms with van der Waals surface area (Å²) in [6, 6.07) is 14.5. The van der Waals surface area contributed by atoms with Crippen molar-refractivity contribution in [2.45, 2.75) is 6.92 Å². The number of piperazine rings is 1. The summed E-state index contributed by atoms with van der Waals surface area (Å²) in [6.45, 7) is 4.75. The number of rotatable bonds is 4. The topological polar surface area (TPSA) is 72.3 Å². The van der Waals surface area contributed by atoms with Crippen molar-refractivity contribution in [1.29, 1.82) is 5.26 Å². The number of para-hydroxylation sites is 1. The Morgan fingerprint density at radius 2 is 1.93 bits per heavy atom. The minimum atomic E-state index is -0.339. The summed E-state index contributed by atoms with van der Waals surface area (Å²) in [5.74, 6) is -0.395. The van der Waals surface area contributed by atoms with Crippen LogP contribution < -0.4 is 10.2 Å². The Hall–Kier alpha value is -3.50. The van der Waals surface area contributed by atoms with E-state index in [9.17, 15) is 14.4 Å². The lowest BCUT2D eigenvalue weighted by Crippen LogP contribution is -2.49. The SMILES string of the molecule is Cc1cc(F)cc2c(N3CCN(CC(=O)Nc4ccccc4)CC3)c(C#N)cnc12. The van der Waals surface area contributed by atoms with Crippen molar-refractivity contribution in [3.63, 3.8) is 0 Å². The average molecular weight is 403 g/mol. The van der Waals surface area contributed by atoms with Gasteiger partial charge >= 0.3 is 0 Å². The van der Waals surface area contributed by atoms with Gasteiger partial charge in [0.25, 0.3) is 0 Å². The lowest BCUT2D eigenvalue weighted by molar-refractivity contribution is -0.117. The molecule has 7 heteroatoms. The fourth-order valence-corrected chi connectivity index (χ4v) is 3.90. The molecule has 1 aromatic heterocycles. The highest BCUT2D eigenvalue weighted by Crippen LogP contribution is 2.32. The first-order valence-electron chi connectivity index (χ1n) is 9.86. The zero-order valence-electron chi connectivity index (χ0n) is 16.7. The van der Waals surface area contributed by atoms with Crippen LogP contribution >= 0.6 is 0 Å². The van der Waals surface area contributed by atoms with Gasteiger partial charge < -0.3 is 10.2 Å². The maximum Gasteiger partial charge on any atom is 0.238 e. The normalized spacial score (nSPS) is 14.5. The molecule has 1 amide bonds. The van der Waals surface area contributed by atoms with E-state index < -0.39 is 0 Å². The third-order valence-corrected chi connectivity index (χ3v) is 5.33. The molecule has 30 heavy (non-hydrogen) atoms. The van der Waals surface area contributed by atoms with Gasteiger partial charge in [-0.2, -0.15) is 5.26 Å². The van der Waals surface area contributed by atoms with Gasteiger partial charge in [-0.15, -0.1) is 0 Å². The molecule has 152 valence electrons. The summed E-state index contributed by atoms with van der Waals surface area (Å²) in [4.78, 5) is 20.9. The Labute approximate surface area is 174 Å². The van der Waals surface area contributed by atoms with Gasteiger partial charge in [0.1, 0.15) is 11.9 Å². The van der Waals surface area contributed by atoms with Crippen LogP contribution in [0.4, 0.5) is 15.8 Å². The van der Waals surface area contributed by atoms with Crippen LogP contribution in [0.3, 0.4) is 0 Å². The van der Waals surface area contributed by atoms with Crippen molar-refractivity contribution >= 4 is 28.2 Å². The van der Waals surface area contributed by atoms with E-state index in [1.54, 1.807) is 6.20 Å². The van der Waals surface area contributed by atoms with Crippen LogP contribution in [0.1, 0.15) is 11.1 Å². The number of nitrogens with zero attached hydrogens (tertiary/aromatic N) is 4. The maximum atomic E-state index is 14.1. The van der Waals surface area contributed by atoms with Gasteiger partial charge in [0.2, 0.25) is 5.91 Å². The van der Waals surface area contributed by atoms with Crippen LogP contribution in [-0.4, -0.2) is 48.5 Å². The third-order valence-electron chi connectivity index (χ3n) is 5.33. The number of aryl methyl sites for hydroxylation is 1. The molecule has 0 aliphatic carbocycles. The Bertz CT molecular complexity index is 1120. The Morgan fingerprint density at radius 3 is 2.63 bits per heavy atom. The van der Waals surface area contributed by atoms with Crippen LogP contribution in [0.2, 0.25) is 0 Å². The molecule has 0 bridgehead atoms. The number of carbonyl (C=O) groups is 1. The van der Waals surface area contributed by atoms with E-state index >= 15 is 0 Å². The van der Waals surface area contributed by atoms with Gasteiger partial charge in [-0.3, -0.25) is 14.7 Å². The number of benzene rings is 2. The number of hydrogen-bond acceptors (Lipinski definition) is 5. The summed E-state index contributed by atoms with van der Waals surface area (Å²) in [6.07, 6.45) is 1.56. The molecule has 0 spiro atoms. The monoisotopic (exact) mass is 403 g/mol. The number of carbonyl (C=O) groups excluding carboxylic acids is 1. The second-order valence-corrected chi connectivity index (χ2v) is 7.43. The molecule has 4 rings (SSSR count). The molecule has 3 aromatic rings. The van der Waals surface area contributed by atoms with Crippen molar-refractivity contribution in [3.05, 3.63) is 65.6 Å². The summed E-state index contributed by atoms with van der Waals surface area (Å²) >= 11 is 0. The van der Waals surface area contributed by atoms with Gasteiger partial charge in [0.15, 0.2) is 0 Å². The summed E-state index contributed by atoms with van der Waals surface area (Å²) in [7, 11) is 0. The van der Waals surface area contributed by atoms with Gasteiger partial charge in [-0.25, -0.2) is 4.39 Å². The van der Waals surface area contributed by atoms with E-state index in [1.165, 1.54) is 12.1 Å². The van der Waals surface area contributed by atoms with E-state index in [2.05, 4.69) is 26.2 Å². The van der Waals surface area contributed by atoms with Gasteiger partial charge in [-0.1, -0.05) is 18.2 Å². The van der Waals surface area contributed by atoms with Crippen molar-refractivity contribution < 1.29 is 9.18 Å². The van der Waals surface area contributed by atoms with Crippen molar-refractivity contribution in [3.8, 4) is 6.07 Å². The van der Waals surface area contributed by atoms with Crippen LogP contribution in [0.5, 0.6) is 0 Å². The minimum Gasteiger partial charge on any atom is -0.367 e. The summed E-state index contributed by atoms with van der Waals surface area (Å²) in [5.41, 5.74) is 3.38. The highest BCUT2D eigenvalue weighted by atomic mass is 19.1. The number of halogens is 1. The molecule has 6 nitrogen and oxygen atoms in total. The van der Waals surface area contributed by atoms with E-state index in [0.717, 1.165) is 16.9 Å². The van der Waals surface area contributed by atoms with Gasteiger partial charge in [0.05, 0.1) is 23.3 Å². The van der Waals surface area contributed by atoms with Crippen molar-refractivity contribution in [2.24, 2.45) is 0 Å².